The number of halogens is 6. The number of carbonyl (C=O) groups excluding carboxylic acids is 1. The molecule has 38 heavy (non-hydrogen) atoms. The number of anilines is 1. The standard InChI is InChI=1S/C24H16F6N4O4/c1-12-9-16(32-20(19(12)35)23(25,26)27)21(36)33-15-7-4-6-14-18(15)22(37)34(11-31-14)10-13-5-2-3-8-17(13)38-24(28,29)30/h2-9,11,35H,10H2,1H3,(H,33,36). The van der Waals surface area contributed by atoms with Gasteiger partial charge in [0, 0.05) is 5.56 Å². The van der Waals surface area contributed by atoms with Gasteiger partial charge < -0.3 is 15.2 Å². The van der Waals surface area contributed by atoms with E-state index in [9.17, 15) is 41.0 Å². The predicted molar refractivity (Wildman–Crippen MR) is 122 cm³/mol. The molecule has 0 atom stereocenters. The van der Waals surface area contributed by atoms with Gasteiger partial charge in [-0.05, 0) is 36.8 Å². The van der Waals surface area contributed by atoms with Crippen LogP contribution in [0.3, 0.4) is 0 Å². The number of alkyl halides is 6. The summed E-state index contributed by atoms with van der Waals surface area (Å²) >= 11 is 0. The monoisotopic (exact) mass is 538 g/mol. The predicted octanol–water partition coefficient (Wildman–Crippen LogP) is 5.02. The van der Waals surface area contributed by atoms with Crippen LogP contribution in [0.1, 0.15) is 27.3 Å². The molecule has 0 fully saturated rings. The van der Waals surface area contributed by atoms with Crippen molar-refractivity contribution in [2.24, 2.45) is 0 Å². The van der Waals surface area contributed by atoms with Crippen molar-refractivity contribution in [1.82, 2.24) is 14.5 Å². The maximum absolute atomic E-state index is 13.3. The molecule has 0 bridgehead atoms. The van der Waals surface area contributed by atoms with E-state index in [1.165, 1.54) is 36.4 Å². The molecule has 2 heterocycles. The number of aromatic hydroxyl groups is 1. The van der Waals surface area contributed by atoms with Crippen LogP contribution in [0, 0.1) is 6.92 Å². The minimum atomic E-state index is -5.03. The summed E-state index contributed by atoms with van der Waals surface area (Å²) < 4.78 is 83.0. The molecule has 14 heteroatoms. The smallest absolute Gasteiger partial charge is 0.505 e. The largest absolute Gasteiger partial charge is 0.573 e. The van der Waals surface area contributed by atoms with Gasteiger partial charge in [-0.1, -0.05) is 24.3 Å². The first-order valence-corrected chi connectivity index (χ1v) is 10.7. The number of benzene rings is 2. The second-order valence-electron chi connectivity index (χ2n) is 8.01. The molecule has 4 aromatic rings. The van der Waals surface area contributed by atoms with E-state index < -0.39 is 46.9 Å². The highest BCUT2D eigenvalue weighted by Gasteiger charge is 2.37. The van der Waals surface area contributed by atoms with Crippen molar-refractivity contribution < 1.29 is 41.0 Å². The Morgan fingerprint density at radius 2 is 1.79 bits per heavy atom. The number of nitrogens with zero attached hydrogens (tertiary/aromatic N) is 3. The van der Waals surface area contributed by atoms with Gasteiger partial charge >= 0.3 is 12.5 Å². The van der Waals surface area contributed by atoms with Gasteiger partial charge in [-0.15, -0.1) is 13.2 Å². The fourth-order valence-corrected chi connectivity index (χ4v) is 3.63. The van der Waals surface area contributed by atoms with E-state index in [2.05, 4.69) is 20.0 Å². The first kappa shape index (κ1) is 26.4. The van der Waals surface area contributed by atoms with E-state index in [4.69, 9.17) is 0 Å². The van der Waals surface area contributed by atoms with Gasteiger partial charge in [-0.25, -0.2) is 9.97 Å². The lowest BCUT2D eigenvalue weighted by Gasteiger charge is -2.15. The molecule has 0 aliphatic heterocycles. The van der Waals surface area contributed by atoms with Gasteiger partial charge in [-0.2, -0.15) is 13.2 Å². The first-order chi connectivity index (χ1) is 17.7. The molecule has 0 saturated carbocycles. The van der Waals surface area contributed by atoms with Crippen LogP contribution < -0.4 is 15.6 Å². The summed E-state index contributed by atoms with van der Waals surface area (Å²) in [4.78, 5) is 33.4. The number of para-hydroxylation sites is 1. The van der Waals surface area contributed by atoms with Gasteiger partial charge in [0.05, 0.1) is 29.5 Å². The summed E-state index contributed by atoms with van der Waals surface area (Å²) in [5, 5.41) is 11.9. The summed E-state index contributed by atoms with van der Waals surface area (Å²) in [5.41, 5.74) is -3.33. The number of hydrogen-bond acceptors (Lipinski definition) is 6. The minimum Gasteiger partial charge on any atom is -0.505 e. The van der Waals surface area contributed by atoms with Crippen LogP contribution in [0.4, 0.5) is 32.0 Å². The Labute approximate surface area is 209 Å². The number of aryl methyl sites for hydroxylation is 1. The lowest BCUT2D eigenvalue weighted by Crippen LogP contribution is -2.24. The number of nitrogens with one attached hydrogen (secondary N) is 1. The molecule has 2 aromatic heterocycles. The fraction of sp³-hybridized carbons (Fsp3) is 0.167. The average molecular weight is 538 g/mol. The summed E-state index contributed by atoms with van der Waals surface area (Å²) in [6.45, 7) is 0.786. The molecule has 2 aromatic carbocycles. The van der Waals surface area contributed by atoms with E-state index in [0.29, 0.717) is 0 Å². The van der Waals surface area contributed by atoms with E-state index >= 15 is 0 Å². The summed E-state index contributed by atoms with van der Waals surface area (Å²) in [5.74, 6) is -2.76. The topological polar surface area (TPSA) is 106 Å². The zero-order chi connectivity index (χ0) is 27.8. The molecule has 0 spiro atoms. The molecule has 1 amide bonds. The number of pyridine rings is 1. The molecular formula is C24H16F6N4O4. The van der Waals surface area contributed by atoms with Crippen LogP contribution in [0.15, 0.2) is 59.7 Å². The SMILES string of the molecule is Cc1cc(C(=O)Nc2cccc3ncn(Cc4ccccc4OC(F)(F)F)c(=O)c23)nc(C(F)(F)F)c1O. The summed E-state index contributed by atoms with van der Waals surface area (Å²) in [7, 11) is 0. The second kappa shape index (κ2) is 9.68. The third kappa shape index (κ3) is 5.53. The number of hydrogen-bond donors (Lipinski definition) is 2. The second-order valence-corrected chi connectivity index (χ2v) is 8.01. The molecule has 2 N–H and O–H groups in total. The van der Waals surface area contributed by atoms with Crippen molar-refractivity contribution in [3.05, 3.63) is 87.7 Å². The Morgan fingerprint density at radius 1 is 1.08 bits per heavy atom. The molecule has 198 valence electrons. The Kier molecular flexibility index (Phi) is 6.74. The molecule has 0 radical (unpaired) electrons. The summed E-state index contributed by atoms with van der Waals surface area (Å²) in [6.07, 6.45) is -8.90. The highest BCUT2D eigenvalue weighted by atomic mass is 19.4. The van der Waals surface area contributed by atoms with Crippen LogP contribution >= 0.6 is 0 Å². The molecule has 0 unspecified atom stereocenters. The molecule has 0 aliphatic rings. The number of aromatic nitrogens is 3. The van der Waals surface area contributed by atoms with Crippen LogP contribution in [0.25, 0.3) is 10.9 Å². The number of amides is 1. The van der Waals surface area contributed by atoms with Crippen molar-refractivity contribution >= 4 is 22.5 Å². The zero-order valence-electron chi connectivity index (χ0n) is 19.2. The van der Waals surface area contributed by atoms with Crippen molar-refractivity contribution in [3.63, 3.8) is 0 Å². The van der Waals surface area contributed by atoms with Gasteiger partial charge in [0.15, 0.2) is 5.69 Å². The third-order valence-corrected chi connectivity index (χ3v) is 5.33. The summed E-state index contributed by atoms with van der Waals surface area (Å²) in [6, 6.07) is 10.3. The van der Waals surface area contributed by atoms with Crippen molar-refractivity contribution in [2.75, 3.05) is 5.32 Å². The zero-order valence-corrected chi connectivity index (χ0v) is 19.2. The highest BCUT2D eigenvalue weighted by Crippen LogP contribution is 2.36. The fourth-order valence-electron chi connectivity index (χ4n) is 3.63. The lowest BCUT2D eigenvalue weighted by molar-refractivity contribution is -0.274. The molecule has 8 nitrogen and oxygen atoms in total. The maximum atomic E-state index is 13.3. The van der Waals surface area contributed by atoms with Crippen LogP contribution in [0.2, 0.25) is 0 Å². The Balaban J connectivity index is 1.72. The lowest BCUT2D eigenvalue weighted by atomic mass is 10.1. The van der Waals surface area contributed by atoms with Crippen molar-refractivity contribution in [1.29, 1.82) is 0 Å². The molecule has 0 saturated heterocycles. The van der Waals surface area contributed by atoms with E-state index in [1.807, 2.05) is 0 Å². The van der Waals surface area contributed by atoms with Gasteiger partial charge in [0.1, 0.15) is 17.2 Å². The van der Waals surface area contributed by atoms with Crippen LogP contribution in [0.5, 0.6) is 11.5 Å². The number of rotatable bonds is 5. The number of ether oxygens (including phenoxy) is 1. The van der Waals surface area contributed by atoms with Gasteiger partial charge in [-0.3, -0.25) is 14.2 Å². The Morgan fingerprint density at radius 3 is 2.47 bits per heavy atom. The molecule has 0 aliphatic carbocycles. The third-order valence-electron chi connectivity index (χ3n) is 5.33. The average Bonchev–Trinajstić information content (AvgIpc) is 2.82. The van der Waals surface area contributed by atoms with Gasteiger partial charge in [0.25, 0.3) is 11.5 Å². The van der Waals surface area contributed by atoms with Crippen molar-refractivity contribution in [3.8, 4) is 11.5 Å². The van der Waals surface area contributed by atoms with Gasteiger partial charge in [0.2, 0.25) is 0 Å². The van der Waals surface area contributed by atoms with E-state index in [-0.39, 0.29) is 34.3 Å². The van der Waals surface area contributed by atoms with Crippen LogP contribution in [-0.2, 0) is 12.7 Å². The highest BCUT2D eigenvalue weighted by molar-refractivity contribution is 6.07. The molecule has 4 rings (SSSR count). The first-order valence-electron chi connectivity index (χ1n) is 10.7. The molecular weight excluding hydrogens is 522 g/mol. The number of fused-ring (bicyclic) bond motifs is 1. The quantitative estimate of drug-likeness (QED) is 0.346. The normalized spacial score (nSPS) is 12.0. The van der Waals surface area contributed by atoms with Crippen molar-refractivity contribution in [2.45, 2.75) is 26.0 Å². The Bertz CT molecular complexity index is 1600. The minimum absolute atomic E-state index is 0.0121. The van der Waals surface area contributed by atoms with Crippen LogP contribution in [-0.4, -0.2) is 31.9 Å². The maximum Gasteiger partial charge on any atom is 0.573 e. The van der Waals surface area contributed by atoms with E-state index in [1.54, 1.807) is 0 Å². The Hall–Kier alpha value is -4.62. The van der Waals surface area contributed by atoms with E-state index in [0.717, 1.165) is 30.0 Å². The number of carbonyl (C=O) groups is 1.